The first-order chi connectivity index (χ1) is 10.1. The maximum atomic E-state index is 13.5. The summed E-state index contributed by atoms with van der Waals surface area (Å²) < 4.78 is 19.2. The Labute approximate surface area is 133 Å². The molecule has 1 aromatic carbocycles. The van der Waals surface area contributed by atoms with Crippen molar-refractivity contribution in [3.63, 3.8) is 0 Å². The monoisotopic (exact) mass is 331 g/mol. The molecule has 1 N–H and O–H groups in total. The van der Waals surface area contributed by atoms with Gasteiger partial charge in [-0.15, -0.1) is 0 Å². The lowest BCUT2D eigenvalue weighted by molar-refractivity contribution is -0.119. The zero-order chi connectivity index (χ0) is 15.2. The molecule has 3 nitrogen and oxygen atoms in total. The molecule has 2 rings (SSSR count). The zero-order valence-corrected chi connectivity index (χ0v) is 13.5. The molecule has 0 saturated carbocycles. The number of halogens is 2. The van der Waals surface area contributed by atoms with Crippen LogP contribution in [-0.4, -0.2) is 30.1 Å². The molecule has 2 atom stereocenters. The Hall–Kier alpha value is -0.780. The van der Waals surface area contributed by atoms with E-state index >= 15 is 0 Å². The van der Waals surface area contributed by atoms with Crippen LogP contribution < -0.4 is 5.32 Å². The minimum absolute atomic E-state index is 0.00313. The number of carbonyl (C=O) groups is 1. The van der Waals surface area contributed by atoms with Gasteiger partial charge in [0.05, 0.1) is 16.8 Å². The number of carbonyl (C=O) groups excluding carboxylic acids is 1. The van der Waals surface area contributed by atoms with Gasteiger partial charge in [0.2, 0.25) is 5.91 Å². The Kier molecular flexibility index (Phi) is 6.33. The van der Waals surface area contributed by atoms with E-state index in [0.717, 1.165) is 18.6 Å². The van der Waals surface area contributed by atoms with Crippen molar-refractivity contribution in [1.29, 1.82) is 0 Å². The van der Waals surface area contributed by atoms with Crippen LogP contribution in [0.5, 0.6) is 0 Å². The van der Waals surface area contributed by atoms with E-state index in [9.17, 15) is 9.18 Å². The average molecular weight is 332 g/mol. The molecule has 0 aliphatic carbocycles. The van der Waals surface area contributed by atoms with Gasteiger partial charge in [-0.05, 0) is 36.3 Å². The molecule has 0 aromatic heterocycles. The first kappa shape index (κ1) is 16.6. The maximum Gasteiger partial charge on any atom is 0.230 e. The molecule has 6 heteroatoms. The topological polar surface area (TPSA) is 38.3 Å². The SMILES string of the molecule is CCCSCC(=O)N[C@@H]1CCO[C@H]1c1ccc(Cl)c(F)c1. The van der Waals surface area contributed by atoms with Crippen LogP contribution in [-0.2, 0) is 9.53 Å². The van der Waals surface area contributed by atoms with Gasteiger partial charge in [-0.3, -0.25) is 4.79 Å². The van der Waals surface area contributed by atoms with Gasteiger partial charge in [-0.2, -0.15) is 11.8 Å². The van der Waals surface area contributed by atoms with E-state index in [1.165, 1.54) is 12.1 Å². The van der Waals surface area contributed by atoms with E-state index in [2.05, 4.69) is 12.2 Å². The predicted octanol–water partition coefficient (Wildman–Crippen LogP) is 3.57. The number of amides is 1. The summed E-state index contributed by atoms with van der Waals surface area (Å²) in [5, 5.41) is 3.07. The van der Waals surface area contributed by atoms with E-state index in [0.29, 0.717) is 17.9 Å². The molecule has 116 valence electrons. The Morgan fingerprint density at radius 1 is 1.57 bits per heavy atom. The maximum absolute atomic E-state index is 13.5. The van der Waals surface area contributed by atoms with Crippen LogP contribution in [0.4, 0.5) is 4.39 Å². The third kappa shape index (κ3) is 4.59. The normalized spacial score (nSPS) is 21.5. The number of ether oxygens (including phenoxy) is 1. The van der Waals surface area contributed by atoms with Crippen LogP contribution in [0.2, 0.25) is 5.02 Å². The Balaban J connectivity index is 1.96. The summed E-state index contributed by atoms with van der Waals surface area (Å²) in [5.41, 5.74) is 0.709. The Morgan fingerprint density at radius 2 is 2.38 bits per heavy atom. The predicted molar refractivity (Wildman–Crippen MR) is 84.3 cm³/mol. The van der Waals surface area contributed by atoms with Gasteiger partial charge in [-0.1, -0.05) is 24.6 Å². The molecule has 21 heavy (non-hydrogen) atoms. The average Bonchev–Trinajstić information content (AvgIpc) is 2.90. The molecule has 0 radical (unpaired) electrons. The highest BCUT2D eigenvalue weighted by Crippen LogP contribution is 2.31. The third-order valence-corrected chi connectivity index (χ3v) is 4.76. The quantitative estimate of drug-likeness (QED) is 0.810. The number of nitrogens with one attached hydrogen (secondary N) is 1. The first-order valence-corrected chi connectivity index (χ1v) is 8.58. The van der Waals surface area contributed by atoms with Gasteiger partial charge in [0.1, 0.15) is 11.9 Å². The van der Waals surface area contributed by atoms with Crippen molar-refractivity contribution in [2.45, 2.75) is 31.9 Å². The summed E-state index contributed by atoms with van der Waals surface area (Å²) in [5.74, 6) is 0.962. The summed E-state index contributed by atoms with van der Waals surface area (Å²) in [4.78, 5) is 11.9. The molecule has 1 fully saturated rings. The van der Waals surface area contributed by atoms with Crippen LogP contribution in [0.1, 0.15) is 31.4 Å². The molecule has 1 saturated heterocycles. The summed E-state index contributed by atoms with van der Waals surface area (Å²) in [6.07, 6.45) is 1.48. The van der Waals surface area contributed by atoms with Gasteiger partial charge in [0, 0.05) is 6.61 Å². The molecule has 0 spiro atoms. The highest BCUT2D eigenvalue weighted by molar-refractivity contribution is 7.99. The molecule has 0 unspecified atom stereocenters. The fourth-order valence-corrected chi connectivity index (χ4v) is 3.13. The number of thioether (sulfide) groups is 1. The second kappa shape index (κ2) is 8.01. The van der Waals surface area contributed by atoms with Crippen molar-refractivity contribution in [3.8, 4) is 0 Å². The summed E-state index contributed by atoms with van der Waals surface area (Å²) in [6.45, 7) is 2.64. The van der Waals surface area contributed by atoms with Crippen LogP contribution in [0.15, 0.2) is 18.2 Å². The highest BCUT2D eigenvalue weighted by Gasteiger charge is 2.31. The molecular formula is C15H19ClFNO2S. The van der Waals surface area contributed by atoms with Crippen LogP contribution >= 0.6 is 23.4 Å². The largest absolute Gasteiger partial charge is 0.371 e. The van der Waals surface area contributed by atoms with Crippen LogP contribution in [0.25, 0.3) is 0 Å². The van der Waals surface area contributed by atoms with Crippen LogP contribution in [0, 0.1) is 5.82 Å². The molecule has 1 amide bonds. The summed E-state index contributed by atoms with van der Waals surface area (Å²) in [7, 11) is 0. The second-order valence-electron chi connectivity index (χ2n) is 4.98. The number of rotatable bonds is 6. The van der Waals surface area contributed by atoms with Crippen molar-refractivity contribution in [3.05, 3.63) is 34.6 Å². The Morgan fingerprint density at radius 3 is 3.10 bits per heavy atom. The minimum Gasteiger partial charge on any atom is -0.371 e. The standard InChI is InChI=1S/C15H19ClFNO2S/c1-2-7-21-9-14(19)18-13-5-6-20-15(13)10-3-4-11(16)12(17)8-10/h3-4,8,13,15H,2,5-7,9H2,1H3,(H,18,19)/t13-,15+/m1/s1. The lowest BCUT2D eigenvalue weighted by Gasteiger charge is -2.20. The molecule has 0 bridgehead atoms. The van der Waals surface area contributed by atoms with E-state index in [1.54, 1.807) is 17.8 Å². The fourth-order valence-electron chi connectivity index (χ4n) is 2.31. The van der Waals surface area contributed by atoms with Gasteiger partial charge in [0.25, 0.3) is 0 Å². The number of hydrogen-bond donors (Lipinski definition) is 1. The Bertz CT molecular complexity index is 501. The van der Waals surface area contributed by atoms with E-state index in [1.807, 2.05) is 0 Å². The highest BCUT2D eigenvalue weighted by atomic mass is 35.5. The van der Waals surface area contributed by atoms with Crippen molar-refractivity contribution in [2.75, 3.05) is 18.1 Å². The van der Waals surface area contributed by atoms with Crippen molar-refractivity contribution in [1.82, 2.24) is 5.32 Å². The van der Waals surface area contributed by atoms with E-state index in [-0.39, 0.29) is 23.1 Å². The van der Waals surface area contributed by atoms with Gasteiger partial charge in [0.15, 0.2) is 0 Å². The van der Waals surface area contributed by atoms with Gasteiger partial charge in [-0.25, -0.2) is 4.39 Å². The van der Waals surface area contributed by atoms with E-state index in [4.69, 9.17) is 16.3 Å². The van der Waals surface area contributed by atoms with Gasteiger partial charge >= 0.3 is 0 Å². The smallest absolute Gasteiger partial charge is 0.230 e. The van der Waals surface area contributed by atoms with Crippen molar-refractivity contribution < 1.29 is 13.9 Å². The second-order valence-corrected chi connectivity index (χ2v) is 6.49. The number of benzene rings is 1. The molecule has 1 aliphatic rings. The van der Waals surface area contributed by atoms with Crippen LogP contribution in [0.3, 0.4) is 0 Å². The minimum atomic E-state index is -0.465. The molecule has 1 aliphatic heterocycles. The lowest BCUT2D eigenvalue weighted by atomic mass is 10.0. The van der Waals surface area contributed by atoms with Crippen molar-refractivity contribution >= 4 is 29.3 Å². The van der Waals surface area contributed by atoms with Crippen molar-refractivity contribution in [2.24, 2.45) is 0 Å². The first-order valence-electron chi connectivity index (χ1n) is 7.05. The summed E-state index contributed by atoms with van der Waals surface area (Å²) >= 11 is 7.31. The van der Waals surface area contributed by atoms with Gasteiger partial charge < -0.3 is 10.1 Å². The summed E-state index contributed by atoms with van der Waals surface area (Å²) in [6, 6.07) is 4.53. The van der Waals surface area contributed by atoms with E-state index < -0.39 is 5.82 Å². The molecular weight excluding hydrogens is 313 g/mol. The molecule has 1 heterocycles. The zero-order valence-electron chi connectivity index (χ0n) is 11.9. The lowest BCUT2D eigenvalue weighted by Crippen LogP contribution is -2.37. The fraction of sp³-hybridized carbons (Fsp3) is 0.533. The number of hydrogen-bond acceptors (Lipinski definition) is 3. The molecule has 1 aromatic rings. The third-order valence-electron chi connectivity index (χ3n) is 3.29.